The van der Waals surface area contributed by atoms with E-state index in [9.17, 15) is 10.1 Å². The Hall–Kier alpha value is -3.16. The van der Waals surface area contributed by atoms with E-state index in [1.807, 2.05) is 6.08 Å². The Morgan fingerprint density at radius 1 is 1.48 bits per heavy atom. The number of nitrogens with zero attached hydrogens (tertiary/aromatic N) is 3. The maximum atomic E-state index is 11.1. The van der Waals surface area contributed by atoms with Crippen LogP contribution in [-0.4, -0.2) is 31.5 Å². The van der Waals surface area contributed by atoms with Crippen molar-refractivity contribution in [2.75, 3.05) is 19.5 Å². The second-order valence-electron chi connectivity index (χ2n) is 4.45. The zero-order valence-corrected chi connectivity index (χ0v) is 12.7. The number of benzene rings is 1. The molecule has 0 aliphatic carbocycles. The summed E-state index contributed by atoms with van der Waals surface area (Å²) in [6.45, 7) is 0. The van der Waals surface area contributed by atoms with Gasteiger partial charge in [0, 0.05) is 19.7 Å². The molecule has 23 heavy (non-hydrogen) atoms. The summed E-state index contributed by atoms with van der Waals surface area (Å²) in [6.07, 6.45) is 7.05. The number of nitro groups is 1. The third-order valence-corrected chi connectivity index (χ3v) is 2.97. The van der Waals surface area contributed by atoms with Gasteiger partial charge in [0.05, 0.1) is 22.9 Å². The summed E-state index contributed by atoms with van der Waals surface area (Å²) in [4.78, 5) is 19.4. The van der Waals surface area contributed by atoms with Crippen molar-refractivity contribution >= 4 is 23.8 Å². The molecule has 1 heterocycles. The lowest BCUT2D eigenvalue weighted by molar-refractivity contribution is -0.384. The molecule has 1 aromatic carbocycles. The minimum atomic E-state index is -0.457. The monoisotopic (exact) mass is 316 g/mol. The maximum Gasteiger partial charge on any atom is 0.296 e. The molecule has 0 spiro atoms. The molecule has 0 saturated carbocycles. The molecule has 1 aliphatic heterocycles. The number of ether oxygens (including phenoxy) is 1. The van der Waals surface area contributed by atoms with Crippen LogP contribution in [0.25, 0.3) is 0 Å². The van der Waals surface area contributed by atoms with Gasteiger partial charge in [-0.25, -0.2) is 0 Å². The number of nitro benzene ring substituents is 1. The Morgan fingerprint density at radius 2 is 2.30 bits per heavy atom. The molecule has 0 unspecified atom stereocenters. The first-order valence-corrected chi connectivity index (χ1v) is 6.78. The molecule has 1 N–H and O–H groups in total. The van der Waals surface area contributed by atoms with Gasteiger partial charge >= 0.3 is 0 Å². The third-order valence-electron chi connectivity index (χ3n) is 2.97. The van der Waals surface area contributed by atoms with Gasteiger partial charge in [0.25, 0.3) is 5.69 Å². The molecule has 0 fully saturated rings. The van der Waals surface area contributed by atoms with Crippen LogP contribution in [0.4, 0.5) is 11.4 Å². The smallest absolute Gasteiger partial charge is 0.296 e. The Labute approximate surface area is 133 Å². The van der Waals surface area contributed by atoms with E-state index in [1.165, 1.54) is 19.4 Å². The zero-order valence-electron chi connectivity index (χ0n) is 12.7. The first-order valence-electron chi connectivity index (χ1n) is 6.78. The van der Waals surface area contributed by atoms with Crippen LogP contribution in [0.5, 0.6) is 5.75 Å². The van der Waals surface area contributed by atoms with Gasteiger partial charge in [-0.1, -0.05) is 5.16 Å². The van der Waals surface area contributed by atoms with Crippen LogP contribution in [0.15, 0.2) is 52.0 Å². The topological polar surface area (TPSA) is 98.3 Å². The average molecular weight is 316 g/mol. The summed E-state index contributed by atoms with van der Waals surface area (Å²) in [5.74, 6) is 0.999. The third kappa shape index (κ3) is 4.40. The molecule has 0 bridgehead atoms. The van der Waals surface area contributed by atoms with Gasteiger partial charge < -0.3 is 14.9 Å². The molecule has 8 heteroatoms. The predicted octanol–water partition coefficient (Wildman–Crippen LogP) is 2.89. The van der Waals surface area contributed by atoms with Gasteiger partial charge in [-0.05, 0) is 24.3 Å². The minimum absolute atomic E-state index is 0.0450. The maximum absolute atomic E-state index is 11.1. The van der Waals surface area contributed by atoms with Gasteiger partial charge in [0.1, 0.15) is 24.3 Å². The number of aliphatic imine (C=N–C) groups is 1. The predicted molar refractivity (Wildman–Crippen MR) is 88.0 cm³/mol. The summed E-state index contributed by atoms with van der Waals surface area (Å²) < 4.78 is 5.70. The van der Waals surface area contributed by atoms with E-state index in [-0.39, 0.29) is 5.69 Å². The fourth-order valence-electron chi connectivity index (χ4n) is 1.89. The Kier molecular flexibility index (Phi) is 5.45. The van der Waals surface area contributed by atoms with Crippen LogP contribution in [-0.2, 0) is 4.84 Å². The van der Waals surface area contributed by atoms with E-state index in [1.54, 1.807) is 31.5 Å². The van der Waals surface area contributed by atoms with Gasteiger partial charge in [0.2, 0.25) is 0 Å². The number of hydrogen-bond acceptors (Lipinski definition) is 7. The van der Waals surface area contributed by atoms with Gasteiger partial charge in [0.15, 0.2) is 0 Å². The fraction of sp³-hybridized carbons (Fsp3) is 0.200. The minimum Gasteiger partial charge on any atom is -0.461 e. The molecule has 0 aromatic heterocycles. The van der Waals surface area contributed by atoms with Crippen LogP contribution in [0.3, 0.4) is 0 Å². The van der Waals surface area contributed by atoms with Crippen molar-refractivity contribution in [2.45, 2.75) is 6.42 Å². The standard InChI is InChI=1S/C15H16N4O4/c1-16-14-6-5-13(9-15(14)19(20)21)23-12-4-3-11(10-18-22-2)17-8-7-12/h3,5-10,16H,4H2,1-2H3/b18-10-. The van der Waals surface area contributed by atoms with Crippen molar-refractivity contribution in [2.24, 2.45) is 10.1 Å². The largest absolute Gasteiger partial charge is 0.461 e. The summed E-state index contributed by atoms with van der Waals surface area (Å²) in [5, 5.41) is 17.5. The quantitative estimate of drug-likeness (QED) is 0.494. The van der Waals surface area contributed by atoms with Crippen molar-refractivity contribution in [3.63, 3.8) is 0 Å². The van der Waals surface area contributed by atoms with Crippen LogP contribution < -0.4 is 10.1 Å². The lowest BCUT2D eigenvalue weighted by atomic mass is 10.2. The molecule has 8 nitrogen and oxygen atoms in total. The van der Waals surface area contributed by atoms with Crippen molar-refractivity contribution < 1.29 is 14.5 Å². The normalized spacial score (nSPS) is 14.0. The number of allylic oxidation sites excluding steroid dienone is 3. The van der Waals surface area contributed by atoms with Crippen LogP contribution in [0, 0.1) is 10.1 Å². The molecule has 120 valence electrons. The Morgan fingerprint density at radius 3 is 3.00 bits per heavy atom. The van der Waals surface area contributed by atoms with Gasteiger partial charge in [-0.3, -0.25) is 15.1 Å². The fourth-order valence-corrected chi connectivity index (χ4v) is 1.89. The van der Waals surface area contributed by atoms with E-state index >= 15 is 0 Å². The number of rotatable bonds is 6. The van der Waals surface area contributed by atoms with E-state index in [2.05, 4.69) is 20.3 Å². The summed E-state index contributed by atoms with van der Waals surface area (Å²) in [7, 11) is 3.08. The molecular weight excluding hydrogens is 300 g/mol. The number of oxime groups is 1. The average Bonchev–Trinajstić information content (AvgIpc) is 2.78. The lowest BCUT2D eigenvalue weighted by Crippen LogP contribution is -1.99. The van der Waals surface area contributed by atoms with Crippen molar-refractivity contribution in [1.82, 2.24) is 0 Å². The van der Waals surface area contributed by atoms with Crippen LogP contribution >= 0.6 is 0 Å². The highest BCUT2D eigenvalue weighted by Crippen LogP contribution is 2.30. The number of nitrogens with one attached hydrogen (secondary N) is 1. The molecule has 0 amide bonds. The van der Waals surface area contributed by atoms with Crippen molar-refractivity contribution in [3.05, 3.63) is 51.9 Å². The second kappa shape index (κ2) is 7.74. The second-order valence-corrected chi connectivity index (χ2v) is 4.45. The Bertz CT molecular complexity index is 707. The molecular formula is C15H16N4O4. The molecule has 0 saturated heterocycles. The highest BCUT2D eigenvalue weighted by Gasteiger charge is 2.15. The van der Waals surface area contributed by atoms with Gasteiger partial charge in [-0.2, -0.15) is 0 Å². The highest BCUT2D eigenvalue weighted by molar-refractivity contribution is 5.84. The lowest BCUT2D eigenvalue weighted by Gasteiger charge is -2.09. The first-order chi connectivity index (χ1) is 11.1. The highest BCUT2D eigenvalue weighted by atomic mass is 16.6. The van der Waals surface area contributed by atoms with Crippen molar-refractivity contribution in [3.8, 4) is 5.75 Å². The first kappa shape index (κ1) is 16.2. The van der Waals surface area contributed by atoms with E-state index in [0.717, 1.165) is 0 Å². The van der Waals surface area contributed by atoms with Crippen LogP contribution in [0.2, 0.25) is 0 Å². The molecule has 0 atom stereocenters. The Balaban J connectivity index is 2.14. The molecule has 2 rings (SSSR count). The van der Waals surface area contributed by atoms with Gasteiger partial charge in [-0.15, -0.1) is 0 Å². The van der Waals surface area contributed by atoms with E-state index in [4.69, 9.17) is 4.74 Å². The SMILES string of the molecule is CNc1ccc(OC2=CC=NC(/C=N\OC)=CC2)cc1[N+](=O)[O-]. The zero-order chi connectivity index (χ0) is 16.7. The van der Waals surface area contributed by atoms with E-state index in [0.29, 0.717) is 29.3 Å². The van der Waals surface area contributed by atoms with Crippen LogP contribution in [0.1, 0.15) is 6.42 Å². The summed E-state index contributed by atoms with van der Waals surface area (Å²) >= 11 is 0. The van der Waals surface area contributed by atoms with E-state index < -0.39 is 4.92 Å². The molecule has 0 radical (unpaired) electrons. The van der Waals surface area contributed by atoms with Crippen molar-refractivity contribution in [1.29, 1.82) is 0 Å². The summed E-state index contributed by atoms with van der Waals surface area (Å²) in [6, 6.07) is 4.65. The number of hydrogen-bond donors (Lipinski definition) is 1. The summed E-state index contributed by atoms with van der Waals surface area (Å²) in [5.41, 5.74) is 1.02. The molecule has 1 aliphatic rings. The molecule has 1 aromatic rings. The number of anilines is 1.